The van der Waals surface area contributed by atoms with Crippen LogP contribution in [0, 0.1) is 19.8 Å². The second kappa shape index (κ2) is 8.87. The number of aromatic nitrogens is 1. The molecule has 3 fully saturated rings. The van der Waals surface area contributed by atoms with Crippen LogP contribution in [0.1, 0.15) is 66.3 Å². The third-order valence-corrected chi connectivity index (χ3v) is 6.37. The van der Waals surface area contributed by atoms with Crippen LogP contribution in [-0.2, 0) is 4.79 Å². The molecule has 0 aromatic carbocycles. The highest BCUT2D eigenvalue weighted by atomic mass is 35.5. The number of nitrogens with one attached hydrogen (secondary N) is 2. The summed E-state index contributed by atoms with van der Waals surface area (Å²) in [5, 5.41) is 6.34. The molecule has 156 valence electrons. The zero-order valence-corrected chi connectivity index (χ0v) is 17.8. The largest absolute Gasteiger partial charge is 0.354 e. The van der Waals surface area contributed by atoms with Gasteiger partial charge in [0, 0.05) is 37.1 Å². The van der Waals surface area contributed by atoms with Gasteiger partial charge in [0.25, 0.3) is 5.91 Å². The fourth-order valence-electron chi connectivity index (χ4n) is 4.75. The molecule has 0 spiro atoms. The first-order chi connectivity index (χ1) is 13.0. The highest BCUT2D eigenvalue weighted by Gasteiger charge is 2.31. The van der Waals surface area contributed by atoms with Gasteiger partial charge in [0.15, 0.2) is 0 Å². The van der Waals surface area contributed by atoms with Gasteiger partial charge >= 0.3 is 0 Å². The average Bonchev–Trinajstić information content (AvgIpc) is 3.24. The molecule has 2 aliphatic heterocycles. The Morgan fingerprint density at radius 1 is 1.18 bits per heavy atom. The van der Waals surface area contributed by atoms with Crippen LogP contribution in [0.3, 0.4) is 0 Å². The van der Waals surface area contributed by atoms with Crippen LogP contribution < -0.4 is 10.6 Å². The van der Waals surface area contributed by atoms with E-state index in [2.05, 4.69) is 35.1 Å². The van der Waals surface area contributed by atoms with Crippen molar-refractivity contribution in [1.82, 2.24) is 20.1 Å². The van der Waals surface area contributed by atoms with Gasteiger partial charge in [-0.15, -0.1) is 12.4 Å². The van der Waals surface area contributed by atoms with Crippen molar-refractivity contribution in [1.29, 1.82) is 0 Å². The van der Waals surface area contributed by atoms with E-state index >= 15 is 0 Å². The maximum atomic E-state index is 13.1. The van der Waals surface area contributed by atoms with E-state index in [0.717, 1.165) is 56.6 Å². The summed E-state index contributed by atoms with van der Waals surface area (Å²) in [6.07, 6.45) is 6.54. The van der Waals surface area contributed by atoms with Gasteiger partial charge in [0.2, 0.25) is 5.91 Å². The molecule has 7 heteroatoms. The standard InChI is InChI=1S/C21H32N4O2.ClH/c1-14-11-18(15(2)25(14)17-7-8-17)21(27)24-10-4-5-16(13-24)12-23-20(26)19-6-3-9-22-19;/h11,16-17,19,22H,3-10,12-13H2,1-2H3,(H,23,26);1H. The predicted molar refractivity (Wildman–Crippen MR) is 112 cm³/mol. The van der Waals surface area contributed by atoms with Crippen molar-refractivity contribution in [2.75, 3.05) is 26.2 Å². The van der Waals surface area contributed by atoms with Crippen LogP contribution in [0.25, 0.3) is 0 Å². The summed E-state index contributed by atoms with van der Waals surface area (Å²) in [5.41, 5.74) is 3.17. The number of likely N-dealkylation sites (tertiary alicyclic amines) is 1. The molecule has 0 bridgehead atoms. The first-order valence-electron chi connectivity index (χ1n) is 10.5. The normalized spacial score (nSPS) is 24.7. The van der Waals surface area contributed by atoms with E-state index in [4.69, 9.17) is 0 Å². The summed E-state index contributed by atoms with van der Waals surface area (Å²) in [6, 6.07) is 2.63. The van der Waals surface area contributed by atoms with E-state index in [1.54, 1.807) is 0 Å². The molecule has 2 amide bonds. The highest BCUT2D eigenvalue weighted by Crippen LogP contribution is 2.38. The summed E-state index contributed by atoms with van der Waals surface area (Å²) in [5.74, 6) is 0.618. The van der Waals surface area contributed by atoms with E-state index in [9.17, 15) is 9.59 Å². The number of piperidine rings is 1. The summed E-state index contributed by atoms with van der Waals surface area (Å²) < 4.78 is 2.34. The number of rotatable bonds is 5. The number of nitrogens with zero attached hydrogens (tertiary/aromatic N) is 2. The lowest BCUT2D eigenvalue weighted by Crippen LogP contribution is -2.46. The van der Waals surface area contributed by atoms with Crippen molar-refractivity contribution in [2.45, 2.75) is 64.5 Å². The fraction of sp³-hybridized carbons (Fsp3) is 0.714. The maximum absolute atomic E-state index is 13.1. The van der Waals surface area contributed by atoms with E-state index in [1.807, 2.05) is 4.90 Å². The number of halogens is 1. The van der Waals surface area contributed by atoms with Crippen molar-refractivity contribution in [3.05, 3.63) is 23.0 Å². The van der Waals surface area contributed by atoms with Crippen molar-refractivity contribution in [3.63, 3.8) is 0 Å². The third-order valence-electron chi connectivity index (χ3n) is 6.37. The molecule has 2 saturated heterocycles. The van der Waals surface area contributed by atoms with Gasteiger partial charge in [0.1, 0.15) is 0 Å². The molecule has 2 unspecified atom stereocenters. The molecule has 3 aliphatic rings. The molecule has 1 saturated carbocycles. The molecule has 1 aliphatic carbocycles. The quantitative estimate of drug-likeness (QED) is 0.786. The number of amides is 2. The molecule has 1 aromatic rings. The molecule has 3 heterocycles. The van der Waals surface area contributed by atoms with Gasteiger partial charge in [-0.2, -0.15) is 0 Å². The lowest BCUT2D eigenvalue weighted by molar-refractivity contribution is -0.123. The Morgan fingerprint density at radius 2 is 1.96 bits per heavy atom. The molecule has 4 rings (SSSR count). The minimum absolute atomic E-state index is 0. The number of carbonyl (C=O) groups is 2. The van der Waals surface area contributed by atoms with Gasteiger partial charge < -0.3 is 20.1 Å². The molecule has 0 radical (unpaired) electrons. The second-order valence-electron chi connectivity index (χ2n) is 8.54. The average molecular weight is 409 g/mol. The molecular formula is C21H33ClN4O2. The maximum Gasteiger partial charge on any atom is 0.255 e. The van der Waals surface area contributed by atoms with Crippen molar-refractivity contribution >= 4 is 24.2 Å². The first kappa shape index (κ1) is 21.2. The van der Waals surface area contributed by atoms with Gasteiger partial charge in [-0.05, 0) is 70.9 Å². The predicted octanol–water partition coefficient (Wildman–Crippen LogP) is 2.58. The van der Waals surface area contributed by atoms with Gasteiger partial charge in [-0.25, -0.2) is 0 Å². The second-order valence-corrected chi connectivity index (χ2v) is 8.54. The molecule has 1 aromatic heterocycles. The van der Waals surface area contributed by atoms with Crippen LogP contribution in [0.2, 0.25) is 0 Å². The summed E-state index contributed by atoms with van der Waals surface area (Å²) in [4.78, 5) is 27.4. The minimum atomic E-state index is -0.0286. The van der Waals surface area contributed by atoms with Crippen LogP contribution >= 0.6 is 12.4 Å². The lowest BCUT2D eigenvalue weighted by Gasteiger charge is -2.33. The number of carbonyl (C=O) groups excluding carboxylic acids is 2. The van der Waals surface area contributed by atoms with Crippen molar-refractivity contribution < 1.29 is 9.59 Å². The highest BCUT2D eigenvalue weighted by molar-refractivity contribution is 5.95. The molecule has 2 N–H and O–H groups in total. The summed E-state index contributed by atoms with van der Waals surface area (Å²) in [7, 11) is 0. The van der Waals surface area contributed by atoms with Gasteiger partial charge in [-0.3, -0.25) is 9.59 Å². The number of hydrogen-bond donors (Lipinski definition) is 2. The summed E-state index contributed by atoms with van der Waals surface area (Å²) in [6.45, 7) is 7.35. The van der Waals surface area contributed by atoms with Crippen LogP contribution in [0.4, 0.5) is 0 Å². The van der Waals surface area contributed by atoms with Crippen LogP contribution in [-0.4, -0.2) is 53.5 Å². The third kappa shape index (κ3) is 4.38. The molecule has 28 heavy (non-hydrogen) atoms. The Hall–Kier alpha value is -1.53. The van der Waals surface area contributed by atoms with E-state index < -0.39 is 0 Å². The van der Waals surface area contributed by atoms with Crippen molar-refractivity contribution in [2.24, 2.45) is 5.92 Å². The molecule has 2 atom stereocenters. The zero-order chi connectivity index (χ0) is 19.0. The van der Waals surface area contributed by atoms with E-state index in [0.29, 0.717) is 18.5 Å². The van der Waals surface area contributed by atoms with Crippen molar-refractivity contribution in [3.8, 4) is 0 Å². The van der Waals surface area contributed by atoms with Crippen LogP contribution in [0.15, 0.2) is 6.07 Å². The Balaban J connectivity index is 0.00000225. The molecular weight excluding hydrogens is 376 g/mol. The first-order valence-corrected chi connectivity index (χ1v) is 10.5. The Kier molecular flexibility index (Phi) is 6.71. The molecule has 6 nitrogen and oxygen atoms in total. The minimum Gasteiger partial charge on any atom is -0.354 e. The van der Waals surface area contributed by atoms with Crippen LogP contribution in [0.5, 0.6) is 0 Å². The Bertz CT molecular complexity index is 722. The number of aryl methyl sites for hydroxylation is 1. The SMILES string of the molecule is Cc1cc(C(=O)N2CCCC(CNC(=O)C3CCCN3)C2)c(C)n1C1CC1.Cl. The Labute approximate surface area is 173 Å². The van der Waals surface area contributed by atoms with Gasteiger partial charge in [0.05, 0.1) is 11.6 Å². The number of hydrogen-bond acceptors (Lipinski definition) is 3. The van der Waals surface area contributed by atoms with E-state index in [-0.39, 0.29) is 30.3 Å². The smallest absolute Gasteiger partial charge is 0.255 e. The topological polar surface area (TPSA) is 66.4 Å². The Morgan fingerprint density at radius 3 is 2.64 bits per heavy atom. The summed E-state index contributed by atoms with van der Waals surface area (Å²) >= 11 is 0. The van der Waals surface area contributed by atoms with Gasteiger partial charge in [-0.1, -0.05) is 0 Å². The zero-order valence-electron chi connectivity index (χ0n) is 17.0. The lowest BCUT2D eigenvalue weighted by atomic mass is 9.97. The van der Waals surface area contributed by atoms with E-state index in [1.165, 1.54) is 18.5 Å². The fourth-order valence-corrected chi connectivity index (χ4v) is 4.75. The monoisotopic (exact) mass is 408 g/mol.